The molecule has 1 heterocycles. The summed E-state index contributed by atoms with van der Waals surface area (Å²) < 4.78 is 12.0. The molecule has 0 saturated carbocycles. The lowest BCUT2D eigenvalue weighted by atomic mass is 10.1. The van der Waals surface area contributed by atoms with Crippen LogP contribution in [0.25, 0.3) is 0 Å². The fraction of sp³-hybridized carbons (Fsp3) is 0.500. The maximum absolute atomic E-state index is 9.36. The van der Waals surface area contributed by atoms with Crippen LogP contribution in [-0.2, 0) is 4.74 Å². The molecule has 1 aliphatic rings. The predicted octanol–water partition coefficient (Wildman–Crippen LogP) is 3.45. The van der Waals surface area contributed by atoms with E-state index in [1.54, 1.807) is 18.2 Å². The molecule has 0 amide bonds. The van der Waals surface area contributed by atoms with Gasteiger partial charge in [0.05, 0.1) is 10.6 Å². The Labute approximate surface area is 104 Å². The van der Waals surface area contributed by atoms with Gasteiger partial charge in [0.25, 0.3) is 0 Å². The smallest absolute Gasteiger partial charge is 0.200 e. The average Bonchev–Trinajstić information content (AvgIpc) is 2.24. The predicted molar refractivity (Wildman–Crippen MR) is 64.6 cm³/mol. The topological polar surface area (TPSA) is 38.7 Å². The summed E-state index contributed by atoms with van der Waals surface area (Å²) in [6, 6.07) is 5.09. The molecular weight excluding hydrogens is 272 g/mol. The van der Waals surface area contributed by atoms with Crippen LogP contribution in [0.2, 0.25) is 0 Å². The van der Waals surface area contributed by atoms with E-state index in [0.717, 1.165) is 19.3 Å². The first kappa shape index (κ1) is 11.7. The number of hydrogen-bond donors (Lipinski definition) is 1. The molecule has 16 heavy (non-hydrogen) atoms. The van der Waals surface area contributed by atoms with Crippen molar-refractivity contribution in [1.29, 1.82) is 0 Å². The van der Waals surface area contributed by atoms with Gasteiger partial charge >= 0.3 is 0 Å². The first-order valence-electron chi connectivity index (χ1n) is 5.46. The summed E-state index contributed by atoms with van der Waals surface area (Å²) in [4.78, 5) is 0. The summed E-state index contributed by atoms with van der Waals surface area (Å²) in [7, 11) is 0. The zero-order valence-corrected chi connectivity index (χ0v) is 10.7. The largest absolute Gasteiger partial charge is 0.507 e. The number of rotatable bonds is 2. The number of phenolic OH excluding ortho intramolecular Hbond substituents is 1. The Morgan fingerprint density at radius 3 is 2.94 bits per heavy atom. The Morgan fingerprint density at radius 2 is 2.25 bits per heavy atom. The van der Waals surface area contributed by atoms with E-state index in [2.05, 4.69) is 22.9 Å². The van der Waals surface area contributed by atoms with E-state index in [0.29, 0.717) is 10.2 Å². The van der Waals surface area contributed by atoms with E-state index in [-0.39, 0.29) is 18.1 Å². The van der Waals surface area contributed by atoms with Gasteiger partial charge in [-0.3, -0.25) is 0 Å². The number of phenols is 1. The van der Waals surface area contributed by atoms with E-state index < -0.39 is 0 Å². The molecule has 2 atom stereocenters. The van der Waals surface area contributed by atoms with Crippen LogP contribution in [0.1, 0.15) is 26.2 Å². The van der Waals surface area contributed by atoms with Gasteiger partial charge in [-0.25, -0.2) is 0 Å². The van der Waals surface area contributed by atoms with Crippen molar-refractivity contribution in [1.82, 2.24) is 0 Å². The molecule has 2 rings (SSSR count). The highest BCUT2D eigenvalue weighted by atomic mass is 79.9. The van der Waals surface area contributed by atoms with Crippen LogP contribution in [-0.4, -0.2) is 17.5 Å². The molecule has 1 saturated heterocycles. The Bertz CT molecular complexity index is 367. The fourth-order valence-corrected chi connectivity index (χ4v) is 2.12. The van der Waals surface area contributed by atoms with Crippen LogP contribution in [0.5, 0.6) is 11.5 Å². The normalized spacial score (nSPS) is 25.4. The van der Waals surface area contributed by atoms with Crippen LogP contribution < -0.4 is 4.74 Å². The van der Waals surface area contributed by atoms with Gasteiger partial charge in [0.1, 0.15) is 11.5 Å². The molecule has 4 heteroatoms. The third-order valence-electron chi connectivity index (χ3n) is 2.62. The molecule has 0 bridgehead atoms. The minimum absolute atomic E-state index is 0.166. The molecule has 0 spiro atoms. The van der Waals surface area contributed by atoms with Crippen LogP contribution in [0, 0.1) is 0 Å². The van der Waals surface area contributed by atoms with Gasteiger partial charge in [-0.05, 0) is 53.9 Å². The molecule has 1 aliphatic heterocycles. The number of ether oxygens (including phenoxy) is 2. The number of hydrogen-bond acceptors (Lipinski definition) is 3. The second kappa shape index (κ2) is 5.06. The van der Waals surface area contributed by atoms with Crippen molar-refractivity contribution in [3.8, 4) is 11.5 Å². The van der Waals surface area contributed by atoms with Crippen LogP contribution in [0.3, 0.4) is 0 Å². The average molecular weight is 287 g/mol. The minimum atomic E-state index is -0.166. The van der Waals surface area contributed by atoms with Crippen molar-refractivity contribution in [2.45, 2.75) is 38.6 Å². The maximum Gasteiger partial charge on any atom is 0.200 e. The molecule has 2 unspecified atom stereocenters. The minimum Gasteiger partial charge on any atom is -0.507 e. The lowest BCUT2D eigenvalue weighted by molar-refractivity contribution is -0.141. The van der Waals surface area contributed by atoms with E-state index in [1.807, 2.05) is 0 Å². The Balaban J connectivity index is 2.00. The Hall–Kier alpha value is -0.740. The van der Waals surface area contributed by atoms with Gasteiger partial charge in [0, 0.05) is 6.42 Å². The number of halogens is 1. The van der Waals surface area contributed by atoms with E-state index in [1.165, 1.54) is 0 Å². The number of aromatic hydroxyl groups is 1. The van der Waals surface area contributed by atoms with Gasteiger partial charge < -0.3 is 14.6 Å². The summed E-state index contributed by atoms with van der Waals surface area (Å²) >= 11 is 3.25. The van der Waals surface area contributed by atoms with Gasteiger partial charge in [0.15, 0.2) is 6.29 Å². The van der Waals surface area contributed by atoms with Crippen molar-refractivity contribution in [2.24, 2.45) is 0 Å². The summed E-state index contributed by atoms with van der Waals surface area (Å²) in [5.74, 6) is 0.925. The van der Waals surface area contributed by atoms with E-state index in [9.17, 15) is 5.11 Å². The monoisotopic (exact) mass is 286 g/mol. The molecule has 3 nitrogen and oxygen atoms in total. The highest BCUT2D eigenvalue weighted by Crippen LogP contribution is 2.29. The summed E-state index contributed by atoms with van der Waals surface area (Å²) in [5.41, 5.74) is 0. The van der Waals surface area contributed by atoms with Crippen molar-refractivity contribution in [3.05, 3.63) is 22.7 Å². The zero-order valence-electron chi connectivity index (χ0n) is 9.15. The lowest BCUT2D eigenvalue weighted by Crippen LogP contribution is -2.29. The van der Waals surface area contributed by atoms with Gasteiger partial charge in [-0.1, -0.05) is 0 Å². The van der Waals surface area contributed by atoms with E-state index >= 15 is 0 Å². The van der Waals surface area contributed by atoms with Crippen LogP contribution >= 0.6 is 15.9 Å². The molecule has 0 aliphatic carbocycles. The standard InChI is InChI=1S/C12H15BrO3/c1-8-3-2-4-12(15-8)16-9-5-6-11(14)10(13)7-9/h5-8,12,14H,2-4H2,1H3. The molecule has 0 radical (unpaired) electrons. The lowest BCUT2D eigenvalue weighted by Gasteiger charge is -2.28. The first-order valence-corrected chi connectivity index (χ1v) is 6.25. The van der Waals surface area contributed by atoms with Crippen molar-refractivity contribution in [3.63, 3.8) is 0 Å². The maximum atomic E-state index is 9.36. The van der Waals surface area contributed by atoms with Crippen molar-refractivity contribution >= 4 is 15.9 Å². The van der Waals surface area contributed by atoms with Crippen molar-refractivity contribution in [2.75, 3.05) is 0 Å². The van der Waals surface area contributed by atoms with Crippen LogP contribution in [0.15, 0.2) is 22.7 Å². The molecule has 1 N–H and O–H groups in total. The van der Waals surface area contributed by atoms with Gasteiger partial charge in [-0.15, -0.1) is 0 Å². The summed E-state index contributed by atoms with van der Waals surface area (Å²) in [6.07, 6.45) is 3.24. The zero-order chi connectivity index (χ0) is 11.5. The highest BCUT2D eigenvalue weighted by Gasteiger charge is 2.20. The third-order valence-corrected chi connectivity index (χ3v) is 3.26. The van der Waals surface area contributed by atoms with E-state index in [4.69, 9.17) is 9.47 Å². The Kier molecular flexibility index (Phi) is 3.71. The fourth-order valence-electron chi connectivity index (χ4n) is 1.77. The third kappa shape index (κ3) is 2.89. The molecule has 0 aromatic heterocycles. The molecular formula is C12H15BrO3. The molecule has 1 fully saturated rings. The molecule has 88 valence electrons. The first-order chi connectivity index (χ1) is 7.65. The second-order valence-electron chi connectivity index (χ2n) is 4.04. The number of benzene rings is 1. The Morgan fingerprint density at radius 1 is 1.44 bits per heavy atom. The SMILES string of the molecule is CC1CCCC(Oc2ccc(O)c(Br)c2)O1. The van der Waals surface area contributed by atoms with Crippen molar-refractivity contribution < 1.29 is 14.6 Å². The van der Waals surface area contributed by atoms with Gasteiger partial charge in [0.2, 0.25) is 0 Å². The second-order valence-corrected chi connectivity index (χ2v) is 4.89. The van der Waals surface area contributed by atoms with Gasteiger partial charge in [-0.2, -0.15) is 0 Å². The highest BCUT2D eigenvalue weighted by molar-refractivity contribution is 9.10. The summed E-state index contributed by atoms with van der Waals surface area (Å²) in [5, 5.41) is 9.36. The summed E-state index contributed by atoms with van der Waals surface area (Å²) in [6.45, 7) is 2.06. The molecule has 1 aromatic rings. The molecule has 1 aromatic carbocycles. The quantitative estimate of drug-likeness (QED) is 0.905. The van der Waals surface area contributed by atoms with Crippen LogP contribution in [0.4, 0.5) is 0 Å².